The first-order chi connectivity index (χ1) is 9.99. The Morgan fingerprint density at radius 3 is 2.71 bits per heavy atom. The molecule has 2 N–H and O–H groups in total. The molecule has 4 heteroatoms. The van der Waals surface area contributed by atoms with Gasteiger partial charge in [-0.3, -0.25) is 4.68 Å². The Kier molecular flexibility index (Phi) is 5.02. The van der Waals surface area contributed by atoms with Crippen molar-refractivity contribution in [2.45, 2.75) is 39.7 Å². The molecular formula is C17H25N3O. The molecule has 0 saturated carbocycles. The molecule has 0 aliphatic heterocycles. The highest BCUT2D eigenvalue weighted by molar-refractivity contribution is 5.29. The van der Waals surface area contributed by atoms with Crippen molar-refractivity contribution in [2.24, 2.45) is 7.05 Å². The molecule has 0 radical (unpaired) electrons. The zero-order valence-corrected chi connectivity index (χ0v) is 13.3. The van der Waals surface area contributed by atoms with Gasteiger partial charge in [-0.25, -0.2) is 0 Å². The number of phenolic OH excluding ortho intramolecular Hbond substituents is 1. The number of phenols is 1. The first-order valence-electron chi connectivity index (χ1n) is 7.50. The molecule has 0 bridgehead atoms. The Hall–Kier alpha value is -1.81. The second-order valence-corrected chi connectivity index (χ2v) is 5.65. The second-order valence-electron chi connectivity index (χ2n) is 5.65. The van der Waals surface area contributed by atoms with Gasteiger partial charge in [-0.05, 0) is 63.4 Å². The minimum Gasteiger partial charge on any atom is -0.508 e. The van der Waals surface area contributed by atoms with Crippen molar-refractivity contribution in [3.8, 4) is 5.75 Å². The maximum atomic E-state index is 9.51. The number of hydrogen-bond donors (Lipinski definition) is 2. The van der Waals surface area contributed by atoms with Crippen LogP contribution >= 0.6 is 0 Å². The van der Waals surface area contributed by atoms with Crippen LogP contribution in [0.1, 0.15) is 41.9 Å². The molecule has 21 heavy (non-hydrogen) atoms. The van der Waals surface area contributed by atoms with Crippen LogP contribution in [0.25, 0.3) is 0 Å². The molecule has 1 aromatic heterocycles. The molecule has 114 valence electrons. The quantitative estimate of drug-likeness (QED) is 0.803. The zero-order chi connectivity index (χ0) is 15.4. The summed E-state index contributed by atoms with van der Waals surface area (Å²) in [5.74, 6) is 0.322. The lowest BCUT2D eigenvalue weighted by Crippen LogP contribution is -2.20. The van der Waals surface area contributed by atoms with Crippen LogP contribution in [0.5, 0.6) is 5.75 Å². The zero-order valence-electron chi connectivity index (χ0n) is 13.3. The SMILES string of the molecule is Cc1nn(C)c(C)c1CCCN[C@H](C)c1cccc(O)c1. The van der Waals surface area contributed by atoms with Crippen molar-refractivity contribution in [1.29, 1.82) is 0 Å². The smallest absolute Gasteiger partial charge is 0.115 e. The van der Waals surface area contributed by atoms with Crippen LogP contribution in [0.4, 0.5) is 0 Å². The van der Waals surface area contributed by atoms with E-state index in [9.17, 15) is 5.11 Å². The van der Waals surface area contributed by atoms with Crippen molar-refractivity contribution in [1.82, 2.24) is 15.1 Å². The van der Waals surface area contributed by atoms with Crippen molar-refractivity contribution in [3.05, 3.63) is 46.8 Å². The Balaban J connectivity index is 1.82. The molecule has 1 heterocycles. The van der Waals surface area contributed by atoms with Gasteiger partial charge in [0.1, 0.15) is 5.75 Å². The average molecular weight is 287 g/mol. The molecule has 0 unspecified atom stereocenters. The molecule has 0 aliphatic carbocycles. The summed E-state index contributed by atoms with van der Waals surface area (Å²) in [4.78, 5) is 0. The monoisotopic (exact) mass is 287 g/mol. The first-order valence-corrected chi connectivity index (χ1v) is 7.50. The molecule has 0 spiro atoms. The van der Waals surface area contributed by atoms with Gasteiger partial charge in [0, 0.05) is 18.8 Å². The lowest BCUT2D eigenvalue weighted by Gasteiger charge is -2.14. The maximum absolute atomic E-state index is 9.51. The molecule has 0 fully saturated rings. The van der Waals surface area contributed by atoms with E-state index in [2.05, 4.69) is 31.2 Å². The summed E-state index contributed by atoms with van der Waals surface area (Å²) in [5.41, 5.74) is 4.87. The second kappa shape index (κ2) is 6.76. The van der Waals surface area contributed by atoms with Crippen LogP contribution in [-0.2, 0) is 13.5 Å². The number of nitrogens with one attached hydrogen (secondary N) is 1. The predicted molar refractivity (Wildman–Crippen MR) is 85.5 cm³/mol. The summed E-state index contributed by atoms with van der Waals surface area (Å²) in [6.07, 6.45) is 2.13. The number of aromatic hydroxyl groups is 1. The molecule has 2 rings (SSSR count). The summed E-state index contributed by atoms with van der Waals surface area (Å²) in [7, 11) is 1.99. The van der Waals surface area contributed by atoms with Gasteiger partial charge >= 0.3 is 0 Å². The molecule has 1 aromatic carbocycles. The molecule has 0 amide bonds. The fourth-order valence-corrected chi connectivity index (χ4v) is 2.67. The molecule has 4 nitrogen and oxygen atoms in total. The van der Waals surface area contributed by atoms with Crippen LogP contribution in [0.3, 0.4) is 0 Å². The Morgan fingerprint density at radius 2 is 2.10 bits per heavy atom. The molecule has 0 saturated heterocycles. The Bertz CT molecular complexity index is 604. The minimum absolute atomic E-state index is 0.244. The van der Waals surface area contributed by atoms with E-state index >= 15 is 0 Å². The number of aryl methyl sites for hydroxylation is 2. The molecule has 2 aromatic rings. The Labute approximate surface area is 126 Å². The number of aromatic nitrogens is 2. The van der Waals surface area contributed by atoms with Gasteiger partial charge in [0.05, 0.1) is 5.69 Å². The summed E-state index contributed by atoms with van der Waals surface area (Å²) in [6, 6.07) is 7.67. The lowest BCUT2D eigenvalue weighted by molar-refractivity contribution is 0.472. The summed E-state index contributed by atoms with van der Waals surface area (Å²) in [5, 5.41) is 17.5. The van der Waals surface area contributed by atoms with E-state index in [-0.39, 0.29) is 6.04 Å². The third-order valence-corrected chi connectivity index (χ3v) is 4.08. The van der Waals surface area contributed by atoms with Gasteiger partial charge in [0.2, 0.25) is 0 Å². The van der Waals surface area contributed by atoms with E-state index in [1.54, 1.807) is 6.07 Å². The number of benzene rings is 1. The fourth-order valence-electron chi connectivity index (χ4n) is 2.67. The van der Waals surface area contributed by atoms with E-state index in [4.69, 9.17) is 0 Å². The summed E-state index contributed by atoms with van der Waals surface area (Å²) >= 11 is 0. The van der Waals surface area contributed by atoms with Gasteiger partial charge in [-0.2, -0.15) is 5.10 Å². The summed E-state index contributed by atoms with van der Waals surface area (Å²) < 4.78 is 1.95. The van der Waals surface area contributed by atoms with Gasteiger partial charge in [0.25, 0.3) is 0 Å². The van der Waals surface area contributed by atoms with E-state index in [1.165, 1.54) is 11.3 Å². The van der Waals surface area contributed by atoms with E-state index in [1.807, 2.05) is 29.9 Å². The number of nitrogens with zero attached hydrogens (tertiary/aromatic N) is 2. The van der Waals surface area contributed by atoms with E-state index in [0.29, 0.717) is 5.75 Å². The number of rotatable bonds is 6. The van der Waals surface area contributed by atoms with Gasteiger partial charge in [-0.15, -0.1) is 0 Å². The molecule has 1 atom stereocenters. The maximum Gasteiger partial charge on any atom is 0.115 e. The number of hydrogen-bond acceptors (Lipinski definition) is 3. The van der Waals surface area contributed by atoms with Crippen molar-refractivity contribution >= 4 is 0 Å². The van der Waals surface area contributed by atoms with Crippen LogP contribution in [0.2, 0.25) is 0 Å². The van der Waals surface area contributed by atoms with Crippen molar-refractivity contribution in [3.63, 3.8) is 0 Å². The standard InChI is InChI=1S/C17H25N3O/c1-12(15-7-5-8-16(21)11-15)18-10-6-9-17-13(2)19-20(4)14(17)3/h5,7-8,11-12,18,21H,6,9-10H2,1-4H3/t12-/m1/s1. The van der Waals surface area contributed by atoms with E-state index < -0.39 is 0 Å². The van der Waals surface area contributed by atoms with Crippen LogP contribution in [0, 0.1) is 13.8 Å². The van der Waals surface area contributed by atoms with Gasteiger partial charge in [-0.1, -0.05) is 12.1 Å². The molecular weight excluding hydrogens is 262 g/mol. The van der Waals surface area contributed by atoms with Crippen LogP contribution in [-0.4, -0.2) is 21.4 Å². The van der Waals surface area contributed by atoms with Gasteiger partial charge < -0.3 is 10.4 Å². The lowest BCUT2D eigenvalue weighted by atomic mass is 10.1. The highest BCUT2D eigenvalue weighted by Crippen LogP contribution is 2.18. The highest BCUT2D eigenvalue weighted by atomic mass is 16.3. The minimum atomic E-state index is 0.244. The normalized spacial score (nSPS) is 12.6. The van der Waals surface area contributed by atoms with Crippen molar-refractivity contribution < 1.29 is 5.11 Å². The largest absolute Gasteiger partial charge is 0.508 e. The average Bonchev–Trinajstić information content (AvgIpc) is 2.69. The third-order valence-electron chi connectivity index (χ3n) is 4.08. The van der Waals surface area contributed by atoms with Crippen LogP contribution < -0.4 is 5.32 Å². The highest BCUT2D eigenvalue weighted by Gasteiger charge is 2.09. The summed E-state index contributed by atoms with van der Waals surface area (Å²) in [6.45, 7) is 7.27. The fraction of sp³-hybridized carbons (Fsp3) is 0.471. The topological polar surface area (TPSA) is 50.1 Å². The predicted octanol–water partition coefficient (Wildman–Crippen LogP) is 3.03. The van der Waals surface area contributed by atoms with E-state index in [0.717, 1.165) is 30.6 Å². The Morgan fingerprint density at radius 1 is 1.33 bits per heavy atom. The first kappa shape index (κ1) is 15.6. The van der Waals surface area contributed by atoms with Crippen LogP contribution in [0.15, 0.2) is 24.3 Å². The molecule has 0 aliphatic rings. The third kappa shape index (κ3) is 3.85. The van der Waals surface area contributed by atoms with Gasteiger partial charge in [0.15, 0.2) is 0 Å². The van der Waals surface area contributed by atoms with Crippen molar-refractivity contribution in [2.75, 3.05) is 6.54 Å².